The smallest absolute Gasteiger partial charge is 0.244 e. The molecule has 0 saturated heterocycles. The Hall–Kier alpha value is -0.430. The lowest BCUT2D eigenvalue weighted by Gasteiger charge is -2.35. The highest BCUT2D eigenvalue weighted by Gasteiger charge is 2.34. The molecule has 1 aromatic rings. The topological polar surface area (TPSA) is 63.4 Å². The van der Waals surface area contributed by atoms with E-state index in [-0.39, 0.29) is 6.04 Å². The van der Waals surface area contributed by atoms with Crippen molar-refractivity contribution >= 4 is 21.4 Å². The molecule has 1 aliphatic carbocycles. The maximum absolute atomic E-state index is 12.8. The summed E-state index contributed by atoms with van der Waals surface area (Å²) in [6.45, 7) is 4.40. The molecule has 1 aliphatic rings. The Labute approximate surface area is 126 Å². The highest BCUT2D eigenvalue weighted by atomic mass is 32.2. The second-order valence-electron chi connectivity index (χ2n) is 5.69. The number of nitrogens with two attached hydrogens (primary N) is 1. The third kappa shape index (κ3) is 2.93. The molecule has 0 spiro atoms. The van der Waals surface area contributed by atoms with Crippen LogP contribution in [0.4, 0.5) is 0 Å². The van der Waals surface area contributed by atoms with E-state index >= 15 is 0 Å². The Morgan fingerprint density at radius 3 is 2.60 bits per heavy atom. The van der Waals surface area contributed by atoms with Gasteiger partial charge in [-0.05, 0) is 31.7 Å². The number of hydrogen-bond acceptors (Lipinski definition) is 4. The molecule has 0 aliphatic heterocycles. The molecule has 2 N–H and O–H groups in total. The van der Waals surface area contributed by atoms with Crippen LogP contribution in [0.1, 0.15) is 42.4 Å². The standard InChI is InChI=1S/C14H24N2O2S2/c1-10-6-4-5-7-13(10)16(3)20(17,18)14-8-12(9-15)19-11(14)2/h8,10,13H,4-7,9,15H2,1-3H3. The van der Waals surface area contributed by atoms with E-state index < -0.39 is 10.0 Å². The molecule has 0 aromatic carbocycles. The van der Waals surface area contributed by atoms with Crippen molar-refractivity contribution in [1.29, 1.82) is 0 Å². The Balaban J connectivity index is 2.31. The van der Waals surface area contributed by atoms with Gasteiger partial charge >= 0.3 is 0 Å². The highest BCUT2D eigenvalue weighted by molar-refractivity contribution is 7.89. The number of aryl methyl sites for hydroxylation is 1. The molecule has 0 amide bonds. The van der Waals surface area contributed by atoms with Crippen LogP contribution in [-0.2, 0) is 16.6 Å². The summed E-state index contributed by atoms with van der Waals surface area (Å²) in [6, 6.07) is 1.86. The van der Waals surface area contributed by atoms with Crippen LogP contribution in [0, 0.1) is 12.8 Å². The monoisotopic (exact) mass is 316 g/mol. The second kappa shape index (κ2) is 6.13. The molecular weight excluding hydrogens is 292 g/mol. The van der Waals surface area contributed by atoms with Crippen LogP contribution in [-0.4, -0.2) is 25.8 Å². The molecule has 1 heterocycles. The molecule has 2 rings (SSSR count). The van der Waals surface area contributed by atoms with Crippen molar-refractivity contribution in [3.63, 3.8) is 0 Å². The Morgan fingerprint density at radius 1 is 1.40 bits per heavy atom. The van der Waals surface area contributed by atoms with E-state index in [0.717, 1.165) is 29.0 Å². The van der Waals surface area contributed by atoms with E-state index in [0.29, 0.717) is 17.4 Å². The minimum Gasteiger partial charge on any atom is -0.326 e. The third-order valence-electron chi connectivity index (χ3n) is 4.31. The van der Waals surface area contributed by atoms with Crippen molar-refractivity contribution in [3.8, 4) is 0 Å². The average molecular weight is 316 g/mol. The van der Waals surface area contributed by atoms with Crippen molar-refractivity contribution in [2.45, 2.75) is 57.0 Å². The fraction of sp³-hybridized carbons (Fsp3) is 0.714. The van der Waals surface area contributed by atoms with Gasteiger partial charge in [0, 0.05) is 29.4 Å². The summed E-state index contributed by atoms with van der Waals surface area (Å²) in [6.07, 6.45) is 4.40. The van der Waals surface area contributed by atoms with Crippen LogP contribution in [0.25, 0.3) is 0 Å². The SMILES string of the molecule is Cc1sc(CN)cc1S(=O)(=O)N(C)C1CCCCC1C. The molecule has 4 nitrogen and oxygen atoms in total. The van der Waals surface area contributed by atoms with Gasteiger partial charge in [-0.1, -0.05) is 19.8 Å². The summed E-state index contributed by atoms with van der Waals surface area (Å²) >= 11 is 1.48. The van der Waals surface area contributed by atoms with E-state index in [9.17, 15) is 8.42 Å². The lowest BCUT2D eigenvalue weighted by Crippen LogP contribution is -2.42. The van der Waals surface area contributed by atoms with Gasteiger partial charge in [0.2, 0.25) is 10.0 Å². The van der Waals surface area contributed by atoms with Crippen LogP contribution in [0.3, 0.4) is 0 Å². The number of rotatable bonds is 4. The fourth-order valence-corrected chi connectivity index (χ4v) is 6.01. The summed E-state index contributed by atoms with van der Waals surface area (Å²) in [5.41, 5.74) is 5.62. The Kier molecular flexibility index (Phi) is 4.89. The lowest BCUT2D eigenvalue weighted by atomic mass is 9.86. The first kappa shape index (κ1) is 15.9. The minimum absolute atomic E-state index is 0.120. The largest absolute Gasteiger partial charge is 0.326 e. The van der Waals surface area contributed by atoms with E-state index in [2.05, 4.69) is 6.92 Å². The maximum Gasteiger partial charge on any atom is 0.244 e. The summed E-state index contributed by atoms with van der Waals surface area (Å²) < 4.78 is 27.2. The molecule has 2 unspecified atom stereocenters. The van der Waals surface area contributed by atoms with Gasteiger partial charge in [0.15, 0.2) is 0 Å². The van der Waals surface area contributed by atoms with E-state index in [1.54, 1.807) is 17.4 Å². The molecular formula is C14H24N2O2S2. The van der Waals surface area contributed by atoms with Crippen molar-refractivity contribution in [1.82, 2.24) is 4.31 Å². The average Bonchev–Trinajstić information content (AvgIpc) is 2.80. The summed E-state index contributed by atoms with van der Waals surface area (Å²) in [4.78, 5) is 2.19. The summed E-state index contributed by atoms with van der Waals surface area (Å²) in [5, 5.41) is 0. The van der Waals surface area contributed by atoms with E-state index in [1.807, 2.05) is 6.92 Å². The van der Waals surface area contributed by atoms with Crippen molar-refractivity contribution in [2.24, 2.45) is 11.7 Å². The van der Waals surface area contributed by atoms with E-state index in [1.165, 1.54) is 17.8 Å². The molecule has 0 bridgehead atoms. The molecule has 1 fully saturated rings. The third-order valence-corrected chi connectivity index (χ3v) is 7.53. The highest BCUT2D eigenvalue weighted by Crippen LogP contribution is 2.33. The zero-order chi connectivity index (χ0) is 14.9. The summed E-state index contributed by atoms with van der Waals surface area (Å²) in [7, 11) is -1.68. The minimum atomic E-state index is -3.40. The second-order valence-corrected chi connectivity index (χ2v) is 8.99. The van der Waals surface area contributed by atoms with Crippen LogP contribution in [0.2, 0.25) is 0 Å². The van der Waals surface area contributed by atoms with Crippen LogP contribution >= 0.6 is 11.3 Å². The number of sulfonamides is 1. The molecule has 2 atom stereocenters. The van der Waals surface area contributed by atoms with Gasteiger partial charge < -0.3 is 5.73 Å². The molecule has 114 valence electrons. The number of thiophene rings is 1. The Morgan fingerprint density at radius 2 is 2.05 bits per heavy atom. The first-order valence-corrected chi connectivity index (χ1v) is 9.41. The van der Waals surface area contributed by atoms with Crippen LogP contribution in [0.5, 0.6) is 0 Å². The zero-order valence-electron chi connectivity index (χ0n) is 12.4. The maximum atomic E-state index is 12.8. The van der Waals surface area contributed by atoms with Gasteiger partial charge in [0.25, 0.3) is 0 Å². The van der Waals surface area contributed by atoms with Gasteiger partial charge in [-0.15, -0.1) is 11.3 Å². The van der Waals surface area contributed by atoms with Crippen molar-refractivity contribution in [2.75, 3.05) is 7.05 Å². The first-order chi connectivity index (χ1) is 9.37. The lowest BCUT2D eigenvalue weighted by molar-refractivity contribution is 0.213. The quantitative estimate of drug-likeness (QED) is 0.929. The predicted octanol–water partition coefficient (Wildman–Crippen LogP) is 2.71. The molecule has 0 radical (unpaired) electrons. The van der Waals surface area contributed by atoms with Crippen LogP contribution in [0.15, 0.2) is 11.0 Å². The normalized spacial score (nSPS) is 24.2. The van der Waals surface area contributed by atoms with Gasteiger partial charge in [0.1, 0.15) is 0 Å². The van der Waals surface area contributed by atoms with E-state index in [4.69, 9.17) is 5.73 Å². The molecule has 1 aromatic heterocycles. The molecule has 6 heteroatoms. The van der Waals surface area contributed by atoms with Gasteiger partial charge in [-0.2, -0.15) is 4.31 Å². The van der Waals surface area contributed by atoms with Gasteiger partial charge in [0.05, 0.1) is 4.90 Å². The van der Waals surface area contributed by atoms with Crippen molar-refractivity contribution in [3.05, 3.63) is 15.8 Å². The van der Waals surface area contributed by atoms with Gasteiger partial charge in [-0.3, -0.25) is 0 Å². The predicted molar refractivity (Wildman–Crippen MR) is 83.3 cm³/mol. The number of nitrogens with zero attached hydrogens (tertiary/aromatic N) is 1. The zero-order valence-corrected chi connectivity index (χ0v) is 14.1. The molecule has 20 heavy (non-hydrogen) atoms. The fourth-order valence-electron chi connectivity index (χ4n) is 3.05. The number of hydrogen-bond donors (Lipinski definition) is 1. The first-order valence-electron chi connectivity index (χ1n) is 7.15. The Bertz CT molecular complexity index is 566. The molecule has 1 saturated carbocycles. The summed E-state index contributed by atoms with van der Waals surface area (Å²) in [5.74, 6) is 0.427. The van der Waals surface area contributed by atoms with Crippen molar-refractivity contribution < 1.29 is 8.42 Å². The van der Waals surface area contributed by atoms with Crippen LogP contribution < -0.4 is 5.73 Å². The van der Waals surface area contributed by atoms with Gasteiger partial charge in [-0.25, -0.2) is 8.42 Å².